The van der Waals surface area contributed by atoms with Crippen LogP contribution in [0.3, 0.4) is 0 Å². The number of hydrogen-bond acceptors (Lipinski definition) is 9. The second kappa shape index (κ2) is 12.1. The number of nitrogen functional groups attached to an aromatic ring is 1. The first kappa shape index (κ1) is 27.5. The Balaban J connectivity index is 0.00000408. The molecule has 2 heterocycles. The second-order valence-electron chi connectivity index (χ2n) is 7.55. The Bertz CT molecular complexity index is 1110. The molecule has 1 aromatic carbocycles. The maximum absolute atomic E-state index is 12.3. The predicted molar refractivity (Wildman–Crippen MR) is 126 cm³/mol. The van der Waals surface area contributed by atoms with Gasteiger partial charge in [0.25, 0.3) is 11.5 Å². The molecule has 0 spiro atoms. The number of nitrogens with two attached hydrogens (primary N) is 1. The van der Waals surface area contributed by atoms with E-state index in [2.05, 4.69) is 25.9 Å². The molecule has 0 fully saturated rings. The topological polar surface area (TPSA) is 203 Å². The standard InChI is InChI=1S/C20H25N7O6.Ba/c1-27-12(9-23-16-15(27)18(31)26-20(21)25-16)8-22-11-4-2-10(3-5-11)17(30)24-13(19(32)33)6-7-14(28)29;/h2-5,12-13,22H,6-9H2,1H3,(H,24,30)(H,28,29)(H,32,33)(H4,21,23,25,26,31);. The van der Waals surface area contributed by atoms with Crippen molar-refractivity contribution in [3.8, 4) is 0 Å². The van der Waals surface area contributed by atoms with Crippen LogP contribution in [0, 0.1) is 0 Å². The molecule has 0 saturated carbocycles. The van der Waals surface area contributed by atoms with E-state index in [-0.39, 0.29) is 84.8 Å². The molecule has 0 bridgehead atoms. The number of likely N-dealkylation sites (N-methyl/N-ethyl adjacent to an activating group) is 1. The molecule has 1 aliphatic heterocycles. The van der Waals surface area contributed by atoms with Crippen molar-refractivity contribution >= 4 is 89.9 Å². The molecule has 2 atom stereocenters. The molecule has 2 unspecified atom stereocenters. The van der Waals surface area contributed by atoms with Crippen LogP contribution >= 0.6 is 0 Å². The number of amides is 1. The summed E-state index contributed by atoms with van der Waals surface area (Å²) in [5.74, 6) is -2.59. The van der Waals surface area contributed by atoms with Gasteiger partial charge in [-0.2, -0.15) is 4.98 Å². The molecule has 34 heavy (non-hydrogen) atoms. The number of nitrogens with one attached hydrogen (secondary N) is 4. The molecule has 1 amide bonds. The number of aliphatic carboxylic acids is 2. The molecule has 1 aliphatic rings. The summed E-state index contributed by atoms with van der Waals surface area (Å²) < 4.78 is 0. The Labute approximate surface area is 234 Å². The fourth-order valence-electron chi connectivity index (χ4n) is 3.42. The Morgan fingerprint density at radius 2 is 1.94 bits per heavy atom. The second-order valence-corrected chi connectivity index (χ2v) is 7.55. The SMILES string of the molecule is CN1c2c(nc(N)[nH]c2=O)NCC1CNc1ccc(C(=O)NC(CCC(=O)O)C(=O)O)cc1.[Ba]. The largest absolute Gasteiger partial charge is 0.481 e. The van der Waals surface area contributed by atoms with Crippen molar-refractivity contribution in [1.29, 1.82) is 0 Å². The minimum Gasteiger partial charge on any atom is -0.481 e. The number of nitrogens with zero attached hydrogens (tertiary/aromatic N) is 2. The molecular weight excluding hydrogens is 572 g/mol. The number of fused-ring (bicyclic) bond motifs is 1. The molecular formula is C20H25BaN7O6. The molecule has 0 saturated heterocycles. The maximum Gasteiger partial charge on any atom is 0.326 e. The average Bonchev–Trinajstić information content (AvgIpc) is 2.75. The van der Waals surface area contributed by atoms with Crippen LogP contribution in [-0.4, -0.2) is 119 Å². The smallest absolute Gasteiger partial charge is 0.326 e. The molecule has 2 radical (unpaired) electrons. The van der Waals surface area contributed by atoms with Gasteiger partial charge in [-0.05, 0) is 30.7 Å². The summed E-state index contributed by atoms with van der Waals surface area (Å²) in [5.41, 5.74) is 6.59. The van der Waals surface area contributed by atoms with Crippen molar-refractivity contribution in [2.24, 2.45) is 0 Å². The Hall–Kier alpha value is -2.72. The van der Waals surface area contributed by atoms with E-state index in [4.69, 9.17) is 10.8 Å². The van der Waals surface area contributed by atoms with Gasteiger partial charge in [0.05, 0.1) is 6.04 Å². The third kappa shape index (κ3) is 6.90. The van der Waals surface area contributed by atoms with Crippen LogP contribution in [0.2, 0.25) is 0 Å². The van der Waals surface area contributed by atoms with E-state index in [1.165, 1.54) is 12.1 Å². The number of carbonyl (C=O) groups is 3. The van der Waals surface area contributed by atoms with Gasteiger partial charge in [-0.1, -0.05) is 0 Å². The summed E-state index contributed by atoms with van der Waals surface area (Å²) in [4.78, 5) is 54.9. The first-order valence-corrected chi connectivity index (χ1v) is 10.1. The van der Waals surface area contributed by atoms with Crippen LogP contribution in [0.25, 0.3) is 0 Å². The normalized spacial score (nSPS) is 15.2. The number of aromatic amines is 1. The molecule has 0 aliphatic carbocycles. The third-order valence-corrected chi connectivity index (χ3v) is 5.26. The monoisotopic (exact) mass is 597 g/mol. The van der Waals surface area contributed by atoms with Crippen LogP contribution in [0.5, 0.6) is 0 Å². The zero-order valence-corrected chi connectivity index (χ0v) is 22.9. The minimum absolute atomic E-state index is 0. The number of carbonyl (C=O) groups excluding carboxylic acids is 1. The number of aromatic nitrogens is 2. The fraction of sp³-hybridized carbons (Fsp3) is 0.350. The number of carboxylic acid groups (broad SMARTS) is 2. The van der Waals surface area contributed by atoms with E-state index in [0.29, 0.717) is 24.6 Å². The first-order chi connectivity index (χ1) is 15.7. The van der Waals surface area contributed by atoms with Crippen LogP contribution in [0.15, 0.2) is 29.1 Å². The number of benzene rings is 1. The summed E-state index contributed by atoms with van der Waals surface area (Å²) in [6.45, 7) is 1.01. The first-order valence-electron chi connectivity index (χ1n) is 10.1. The van der Waals surface area contributed by atoms with Crippen molar-refractivity contribution in [2.75, 3.05) is 41.4 Å². The van der Waals surface area contributed by atoms with E-state index < -0.39 is 23.9 Å². The van der Waals surface area contributed by atoms with Crippen LogP contribution in [-0.2, 0) is 9.59 Å². The molecule has 1 aromatic heterocycles. The summed E-state index contributed by atoms with van der Waals surface area (Å²) in [7, 11) is 1.79. The van der Waals surface area contributed by atoms with Gasteiger partial charge in [-0.15, -0.1) is 0 Å². The van der Waals surface area contributed by atoms with E-state index in [1.807, 2.05) is 4.90 Å². The molecule has 14 heteroatoms. The number of anilines is 4. The van der Waals surface area contributed by atoms with Crippen molar-refractivity contribution in [1.82, 2.24) is 15.3 Å². The summed E-state index contributed by atoms with van der Waals surface area (Å²) in [6, 6.07) is 5.03. The van der Waals surface area contributed by atoms with Crippen molar-refractivity contribution < 1.29 is 24.6 Å². The molecule has 178 valence electrons. The molecule has 3 rings (SSSR count). The number of rotatable bonds is 9. The van der Waals surface area contributed by atoms with Gasteiger partial charge in [-0.3, -0.25) is 19.4 Å². The number of hydrogen-bond donors (Lipinski definition) is 7. The Morgan fingerprint density at radius 1 is 1.26 bits per heavy atom. The maximum atomic E-state index is 12.3. The quantitative estimate of drug-likeness (QED) is 0.182. The summed E-state index contributed by atoms with van der Waals surface area (Å²) >= 11 is 0. The van der Waals surface area contributed by atoms with Gasteiger partial charge in [0.1, 0.15) is 11.7 Å². The number of H-pyrrole nitrogens is 1. The molecule has 8 N–H and O–H groups in total. The van der Waals surface area contributed by atoms with E-state index in [0.717, 1.165) is 5.69 Å². The fourth-order valence-corrected chi connectivity index (χ4v) is 3.42. The van der Waals surface area contributed by atoms with E-state index >= 15 is 0 Å². The van der Waals surface area contributed by atoms with Gasteiger partial charge in [0, 0.05) is 86.7 Å². The van der Waals surface area contributed by atoms with Gasteiger partial charge < -0.3 is 36.8 Å². The van der Waals surface area contributed by atoms with Crippen LogP contribution in [0.4, 0.5) is 23.1 Å². The van der Waals surface area contributed by atoms with Gasteiger partial charge in [-0.25, -0.2) is 4.79 Å². The summed E-state index contributed by atoms with van der Waals surface area (Å²) in [5, 5.41) is 26.6. The molecule has 2 aromatic rings. The average molecular weight is 597 g/mol. The van der Waals surface area contributed by atoms with Crippen molar-refractivity contribution in [3.63, 3.8) is 0 Å². The summed E-state index contributed by atoms with van der Waals surface area (Å²) in [6.07, 6.45) is -0.586. The van der Waals surface area contributed by atoms with Crippen LogP contribution < -0.4 is 32.1 Å². The Morgan fingerprint density at radius 3 is 2.56 bits per heavy atom. The van der Waals surface area contributed by atoms with Gasteiger partial charge >= 0.3 is 11.9 Å². The van der Waals surface area contributed by atoms with Gasteiger partial charge in [0.2, 0.25) is 5.95 Å². The van der Waals surface area contributed by atoms with Gasteiger partial charge in [0.15, 0.2) is 5.82 Å². The van der Waals surface area contributed by atoms with Crippen molar-refractivity contribution in [3.05, 3.63) is 40.2 Å². The van der Waals surface area contributed by atoms with Crippen molar-refractivity contribution in [2.45, 2.75) is 24.9 Å². The third-order valence-electron chi connectivity index (χ3n) is 5.26. The predicted octanol–water partition coefficient (Wildman–Crippen LogP) is -0.638. The zero-order chi connectivity index (χ0) is 24.1. The van der Waals surface area contributed by atoms with E-state index in [9.17, 15) is 24.3 Å². The van der Waals surface area contributed by atoms with E-state index in [1.54, 1.807) is 19.2 Å². The minimum atomic E-state index is -1.30. The van der Waals surface area contributed by atoms with Crippen LogP contribution in [0.1, 0.15) is 23.2 Å². The number of carboxylic acids is 2. The molecule has 13 nitrogen and oxygen atoms in total. The zero-order valence-electron chi connectivity index (χ0n) is 18.5. The Kier molecular flexibility index (Phi) is 9.81.